The van der Waals surface area contributed by atoms with Crippen LogP contribution in [0.5, 0.6) is 0 Å². The molecule has 0 bridgehead atoms. The zero-order chi connectivity index (χ0) is 20.3. The molecule has 0 fully saturated rings. The number of anilines is 1. The maximum absolute atomic E-state index is 13.3. The fourth-order valence-electron chi connectivity index (χ4n) is 3.10. The highest BCUT2D eigenvalue weighted by molar-refractivity contribution is 6.17. The molecule has 0 radical (unpaired) electrons. The summed E-state index contributed by atoms with van der Waals surface area (Å²) < 4.78 is 6.26. The predicted molar refractivity (Wildman–Crippen MR) is 107 cm³/mol. The van der Waals surface area contributed by atoms with Crippen LogP contribution < -0.4 is 11.3 Å². The Hall–Kier alpha value is -3.67. The number of ketones is 1. The lowest BCUT2D eigenvalue weighted by atomic mass is 9.94. The molecule has 6 nitrogen and oxygen atoms in total. The number of ether oxygens (including phenoxy) is 1. The number of nitrogen functional groups attached to an aromatic ring is 1. The van der Waals surface area contributed by atoms with Crippen LogP contribution in [-0.2, 0) is 11.8 Å². The molecule has 0 atom stereocenters. The number of hydrogen-bond donors (Lipinski definition) is 1. The number of nitrogens with zero attached hydrogens (tertiary/aromatic N) is 1. The van der Waals surface area contributed by atoms with Crippen molar-refractivity contribution < 1.29 is 14.3 Å². The van der Waals surface area contributed by atoms with Gasteiger partial charge in [0.15, 0.2) is 5.78 Å². The van der Waals surface area contributed by atoms with Gasteiger partial charge in [-0.25, -0.2) is 4.79 Å². The molecule has 0 aliphatic heterocycles. The van der Waals surface area contributed by atoms with Crippen molar-refractivity contribution in [3.05, 3.63) is 87.7 Å². The minimum absolute atomic E-state index is 0.0871. The van der Waals surface area contributed by atoms with Crippen molar-refractivity contribution in [1.29, 1.82) is 0 Å². The maximum atomic E-state index is 13.3. The number of carbonyl (C=O) groups is 2. The van der Waals surface area contributed by atoms with Crippen molar-refractivity contribution >= 4 is 17.4 Å². The van der Waals surface area contributed by atoms with E-state index in [0.29, 0.717) is 16.8 Å². The molecule has 0 amide bonds. The zero-order valence-corrected chi connectivity index (χ0v) is 15.6. The average molecular weight is 376 g/mol. The first-order chi connectivity index (χ1) is 13.5. The molecule has 2 N–H and O–H groups in total. The van der Waals surface area contributed by atoms with E-state index >= 15 is 0 Å². The summed E-state index contributed by atoms with van der Waals surface area (Å²) in [6, 6.07) is 17.6. The Morgan fingerprint density at radius 1 is 0.964 bits per heavy atom. The van der Waals surface area contributed by atoms with Gasteiger partial charge in [0, 0.05) is 12.6 Å². The van der Waals surface area contributed by atoms with E-state index in [0.717, 1.165) is 0 Å². The van der Waals surface area contributed by atoms with Gasteiger partial charge >= 0.3 is 5.97 Å². The number of carbonyl (C=O) groups excluding carboxylic acids is 2. The van der Waals surface area contributed by atoms with E-state index in [4.69, 9.17) is 10.5 Å². The summed E-state index contributed by atoms with van der Waals surface area (Å²) in [5.74, 6) is -1.22. The molecule has 1 aromatic heterocycles. The van der Waals surface area contributed by atoms with Gasteiger partial charge in [0.25, 0.3) is 5.56 Å². The number of aromatic nitrogens is 1. The van der Waals surface area contributed by atoms with Crippen molar-refractivity contribution in [3.8, 4) is 11.3 Å². The van der Waals surface area contributed by atoms with Crippen LogP contribution in [0.3, 0.4) is 0 Å². The molecule has 28 heavy (non-hydrogen) atoms. The van der Waals surface area contributed by atoms with Crippen molar-refractivity contribution in [2.45, 2.75) is 6.92 Å². The summed E-state index contributed by atoms with van der Waals surface area (Å²) in [7, 11) is 1.51. The van der Waals surface area contributed by atoms with Crippen LogP contribution in [0.4, 0.5) is 5.69 Å². The Morgan fingerprint density at radius 2 is 1.54 bits per heavy atom. The molecular formula is C22H20N2O4. The summed E-state index contributed by atoms with van der Waals surface area (Å²) in [5, 5.41) is 0. The zero-order valence-electron chi connectivity index (χ0n) is 15.6. The van der Waals surface area contributed by atoms with Crippen molar-refractivity contribution in [2.75, 3.05) is 12.3 Å². The molecule has 0 aliphatic carbocycles. The second-order valence-electron chi connectivity index (χ2n) is 6.16. The van der Waals surface area contributed by atoms with Crippen LogP contribution in [0.1, 0.15) is 33.2 Å². The summed E-state index contributed by atoms with van der Waals surface area (Å²) in [6.45, 7) is 1.72. The van der Waals surface area contributed by atoms with Gasteiger partial charge in [-0.1, -0.05) is 60.7 Å². The summed E-state index contributed by atoms with van der Waals surface area (Å²) in [4.78, 5) is 38.6. The molecule has 0 aliphatic rings. The number of hydrogen-bond acceptors (Lipinski definition) is 5. The first-order valence-corrected chi connectivity index (χ1v) is 8.82. The van der Waals surface area contributed by atoms with Crippen LogP contribution in [0.15, 0.2) is 65.5 Å². The molecule has 0 spiro atoms. The molecule has 142 valence electrons. The number of pyridine rings is 1. The molecule has 3 aromatic rings. The lowest BCUT2D eigenvalue weighted by Gasteiger charge is -2.18. The monoisotopic (exact) mass is 376 g/mol. The second kappa shape index (κ2) is 7.92. The van der Waals surface area contributed by atoms with Gasteiger partial charge in [-0.2, -0.15) is 0 Å². The van der Waals surface area contributed by atoms with Gasteiger partial charge in [-0.05, 0) is 12.5 Å². The standard InChI is InChI=1S/C22H20N2O4/c1-3-28-22(27)17-18(23)16(20(25)15-12-8-5-9-13-15)19(24(2)21(17)26)14-10-6-4-7-11-14/h4-13H,3,23H2,1-2H3. The number of benzene rings is 2. The van der Waals surface area contributed by atoms with Gasteiger partial charge in [-0.15, -0.1) is 0 Å². The van der Waals surface area contributed by atoms with Crippen LogP contribution >= 0.6 is 0 Å². The smallest absolute Gasteiger partial charge is 0.345 e. The minimum Gasteiger partial charge on any atom is -0.462 e. The summed E-state index contributed by atoms with van der Waals surface area (Å²) in [5.41, 5.74) is 6.61. The van der Waals surface area contributed by atoms with Crippen LogP contribution in [0.25, 0.3) is 11.3 Å². The van der Waals surface area contributed by atoms with Gasteiger partial charge < -0.3 is 15.0 Å². The molecule has 1 heterocycles. The molecule has 0 saturated carbocycles. The Labute approximate surface area is 162 Å². The number of rotatable bonds is 5. The van der Waals surface area contributed by atoms with Crippen molar-refractivity contribution in [3.63, 3.8) is 0 Å². The van der Waals surface area contributed by atoms with Gasteiger partial charge in [0.1, 0.15) is 5.56 Å². The molecule has 2 aromatic carbocycles. The quantitative estimate of drug-likeness (QED) is 0.546. The largest absolute Gasteiger partial charge is 0.462 e. The van der Waals surface area contributed by atoms with Gasteiger partial charge in [-0.3, -0.25) is 9.59 Å². The third kappa shape index (κ3) is 3.32. The lowest BCUT2D eigenvalue weighted by Crippen LogP contribution is -2.31. The van der Waals surface area contributed by atoms with E-state index in [1.54, 1.807) is 61.5 Å². The first kappa shape index (κ1) is 19.1. The maximum Gasteiger partial charge on any atom is 0.345 e. The minimum atomic E-state index is -0.845. The SMILES string of the molecule is CCOC(=O)c1c(N)c(C(=O)c2ccccc2)c(-c2ccccc2)n(C)c1=O. The van der Waals surface area contributed by atoms with E-state index < -0.39 is 11.5 Å². The molecule has 0 saturated heterocycles. The van der Waals surface area contributed by atoms with E-state index in [1.165, 1.54) is 11.6 Å². The van der Waals surface area contributed by atoms with E-state index in [9.17, 15) is 14.4 Å². The molecular weight excluding hydrogens is 356 g/mol. The van der Waals surface area contributed by atoms with Crippen LogP contribution in [0.2, 0.25) is 0 Å². The van der Waals surface area contributed by atoms with Gasteiger partial charge in [0.05, 0.1) is 23.6 Å². The Balaban J connectivity index is 2.38. The Morgan fingerprint density at radius 3 is 2.11 bits per heavy atom. The highest BCUT2D eigenvalue weighted by Gasteiger charge is 2.28. The van der Waals surface area contributed by atoms with Crippen LogP contribution in [-0.4, -0.2) is 22.9 Å². The number of nitrogens with two attached hydrogens (primary N) is 1. The molecule has 3 rings (SSSR count). The third-order valence-electron chi connectivity index (χ3n) is 4.42. The molecule has 6 heteroatoms. The summed E-state index contributed by atoms with van der Waals surface area (Å²) >= 11 is 0. The Kier molecular flexibility index (Phi) is 5.40. The van der Waals surface area contributed by atoms with Gasteiger partial charge in [0.2, 0.25) is 0 Å². The summed E-state index contributed by atoms with van der Waals surface area (Å²) in [6.07, 6.45) is 0. The van der Waals surface area contributed by atoms with E-state index in [2.05, 4.69) is 0 Å². The Bertz CT molecular complexity index is 1090. The van der Waals surface area contributed by atoms with E-state index in [-0.39, 0.29) is 29.2 Å². The highest BCUT2D eigenvalue weighted by Crippen LogP contribution is 2.30. The highest BCUT2D eigenvalue weighted by atomic mass is 16.5. The predicted octanol–water partition coefficient (Wildman–Crippen LogP) is 3.04. The second-order valence-corrected chi connectivity index (χ2v) is 6.16. The fraction of sp³-hybridized carbons (Fsp3) is 0.136. The first-order valence-electron chi connectivity index (χ1n) is 8.82. The topological polar surface area (TPSA) is 91.4 Å². The lowest BCUT2D eigenvalue weighted by molar-refractivity contribution is 0.0525. The van der Waals surface area contributed by atoms with E-state index in [1.807, 2.05) is 6.07 Å². The van der Waals surface area contributed by atoms with Crippen molar-refractivity contribution in [1.82, 2.24) is 4.57 Å². The molecule has 0 unspecified atom stereocenters. The average Bonchev–Trinajstić information content (AvgIpc) is 2.71. The van der Waals surface area contributed by atoms with Crippen molar-refractivity contribution in [2.24, 2.45) is 7.05 Å². The fourth-order valence-corrected chi connectivity index (χ4v) is 3.10. The van der Waals surface area contributed by atoms with Crippen LogP contribution in [0, 0.1) is 0 Å². The third-order valence-corrected chi connectivity index (χ3v) is 4.42. The normalized spacial score (nSPS) is 10.5. The number of esters is 1.